The highest BCUT2D eigenvalue weighted by Crippen LogP contribution is 2.12. The van der Waals surface area contributed by atoms with E-state index in [-0.39, 0.29) is 0 Å². The van der Waals surface area contributed by atoms with Gasteiger partial charge in [0.2, 0.25) is 0 Å². The van der Waals surface area contributed by atoms with E-state index in [1.807, 2.05) is 19.9 Å². The summed E-state index contributed by atoms with van der Waals surface area (Å²) in [5.74, 6) is 0. The third-order valence-corrected chi connectivity index (χ3v) is 1.68. The fraction of sp³-hybridized carbons (Fsp3) is 0.182. The zero-order valence-corrected chi connectivity index (χ0v) is 8.22. The van der Waals surface area contributed by atoms with Crippen molar-refractivity contribution >= 4 is 6.21 Å². The van der Waals surface area contributed by atoms with Crippen LogP contribution in [0.25, 0.3) is 0 Å². The number of rotatable bonds is 5. The van der Waals surface area contributed by atoms with Crippen LogP contribution in [-0.4, -0.2) is 6.21 Å². The first-order chi connectivity index (χ1) is 6.21. The molecule has 0 aliphatic carbocycles. The average molecular weight is 176 g/mol. The second kappa shape index (κ2) is 6.00. The molecule has 0 saturated heterocycles. The van der Waals surface area contributed by atoms with E-state index in [9.17, 15) is 0 Å². The molecule has 0 atom stereocenters. The molecule has 0 aliphatic heterocycles. The number of hydrogen-bond acceptors (Lipinski definition) is 2. The highest BCUT2D eigenvalue weighted by Gasteiger charge is 2.00. The van der Waals surface area contributed by atoms with Crippen LogP contribution in [0.15, 0.2) is 48.4 Å². The molecule has 70 valence electrons. The van der Waals surface area contributed by atoms with Crippen LogP contribution in [0.3, 0.4) is 0 Å². The molecular weight excluding hydrogens is 160 g/mol. The normalized spacial score (nSPS) is 12.9. The molecule has 0 unspecified atom stereocenters. The molecule has 0 fully saturated rings. The molecule has 0 amide bonds. The lowest BCUT2D eigenvalue weighted by Crippen LogP contribution is -2.07. The van der Waals surface area contributed by atoms with E-state index in [0.717, 1.165) is 16.8 Å². The fourth-order valence-corrected chi connectivity index (χ4v) is 0.988. The summed E-state index contributed by atoms with van der Waals surface area (Å²) >= 11 is 0. The molecule has 2 N–H and O–H groups in total. The Hall–Kier alpha value is -1.57. The topological polar surface area (TPSA) is 35.9 Å². The third-order valence-electron chi connectivity index (χ3n) is 1.68. The Morgan fingerprint density at radius 3 is 2.31 bits per heavy atom. The molecule has 0 rings (SSSR count). The molecule has 0 aliphatic rings. The van der Waals surface area contributed by atoms with Gasteiger partial charge in [0.25, 0.3) is 0 Å². The Morgan fingerprint density at radius 2 is 2.00 bits per heavy atom. The first-order valence-corrected chi connectivity index (χ1v) is 4.09. The highest BCUT2D eigenvalue weighted by molar-refractivity contribution is 5.78. The van der Waals surface area contributed by atoms with Crippen molar-refractivity contribution in [1.82, 2.24) is 5.32 Å². The van der Waals surface area contributed by atoms with Gasteiger partial charge in [-0.05, 0) is 25.6 Å². The van der Waals surface area contributed by atoms with E-state index in [2.05, 4.69) is 18.5 Å². The summed E-state index contributed by atoms with van der Waals surface area (Å²) in [6.07, 6.45) is 6.57. The van der Waals surface area contributed by atoms with E-state index in [0.29, 0.717) is 0 Å². The number of nitrogens with one attached hydrogen (secondary N) is 2. The van der Waals surface area contributed by atoms with Gasteiger partial charge in [0.05, 0.1) is 0 Å². The Morgan fingerprint density at radius 1 is 1.38 bits per heavy atom. The van der Waals surface area contributed by atoms with Crippen molar-refractivity contribution in [3.63, 3.8) is 0 Å². The zero-order valence-electron chi connectivity index (χ0n) is 8.22. The van der Waals surface area contributed by atoms with Crippen LogP contribution in [0.4, 0.5) is 0 Å². The summed E-state index contributed by atoms with van der Waals surface area (Å²) in [6, 6.07) is 0. The van der Waals surface area contributed by atoms with Crippen LogP contribution in [0.1, 0.15) is 13.8 Å². The predicted molar refractivity (Wildman–Crippen MR) is 58.8 cm³/mol. The van der Waals surface area contributed by atoms with E-state index in [1.165, 1.54) is 6.21 Å². The van der Waals surface area contributed by atoms with Crippen molar-refractivity contribution in [1.29, 1.82) is 5.41 Å². The van der Waals surface area contributed by atoms with Gasteiger partial charge in [0, 0.05) is 17.5 Å². The second-order valence-electron chi connectivity index (χ2n) is 2.50. The quantitative estimate of drug-likeness (QED) is 0.490. The van der Waals surface area contributed by atoms with Crippen LogP contribution in [0.2, 0.25) is 0 Å². The highest BCUT2D eigenvalue weighted by atomic mass is 14.8. The molecule has 0 aromatic carbocycles. The number of allylic oxidation sites excluding steroid dienone is 3. The monoisotopic (exact) mass is 176 g/mol. The van der Waals surface area contributed by atoms with Gasteiger partial charge in [-0.3, -0.25) is 0 Å². The Balaban J connectivity index is 5.06. The molecule has 0 bridgehead atoms. The maximum absolute atomic E-state index is 7.13. The van der Waals surface area contributed by atoms with E-state index in [4.69, 9.17) is 5.41 Å². The van der Waals surface area contributed by atoms with Crippen LogP contribution < -0.4 is 5.32 Å². The largest absolute Gasteiger partial charge is 0.362 e. The van der Waals surface area contributed by atoms with E-state index < -0.39 is 0 Å². The Bertz CT molecular complexity index is 270. The Labute approximate surface area is 79.9 Å². The minimum Gasteiger partial charge on any atom is -0.362 e. The minimum absolute atomic E-state index is 0.873. The van der Waals surface area contributed by atoms with Crippen molar-refractivity contribution in [3.8, 4) is 0 Å². The van der Waals surface area contributed by atoms with E-state index in [1.54, 1.807) is 12.3 Å². The van der Waals surface area contributed by atoms with Gasteiger partial charge in [0.15, 0.2) is 0 Å². The van der Waals surface area contributed by atoms with Crippen LogP contribution in [-0.2, 0) is 0 Å². The van der Waals surface area contributed by atoms with Crippen molar-refractivity contribution in [2.45, 2.75) is 13.8 Å². The summed E-state index contributed by atoms with van der Waals surface area (Å²) in [7, 11) is 0. The van der Waals surface area contributed by atoms with Gasteiger partial charge in [0.1, 0.15) is 0 Å². The van der Waals surface area contributed by atoms with Crippen LogP contribution in [0, 0.1) is 5.41 Å². The molecule has 2 nitrogen and oxygen atoms in total. The van der Waals surface area contributed by atoms with Gasteiger partial charge in [-0.25, -0.2) is 0 Å². The third kappa shape index (κ3) is 3.11. The predicted octanol–water partition coefficient (Wildman–Crippen LogP) is 2.78. The lowest BCUT2D eigenvalue weighted by atomic mass is 10.1. The van der Waals surface area contributed by atoms with Gasteiger partial charge in [-0.2, -0.15) is 0 Å². The summed E-state index contributed by atoms with van der Waals surface area (Å²) in [4.78, 5) is 0. The molecule has 2 heteroatoms. The standard InChI is InChI=1S/C11H16N2/c1-5-10(9(4)8-12)11(6-2)13-7-3/h5-8,12-13H,1,3H2,2,4H3/b10-9-,11-6+,12-8?. The molecule has 0 spiro atoms. The lowest BCUT2D eigenvalue weighted by molar-refractivity contribution is 1.08. The fourth-order valence-electron chi connectivity index (χ4n) is 0.988. The van der Waals surface area contributed by atoms with Gasteiger partial charge in [-0.1, -0.05) is 25.3 Å². The molecule has 0 aromatic rings. The summed E-state index contributed by atoms with van der Waals surface area (Å²) < 4.78 is 0. The first-order valence-electron chi connectivity index (χ1n) is 4.09. The number of hydrogen-bond donors (Lipinski definition) is 2. The molecule has 0 saturated carbocycles. The summed E-state index contributed by atoms with van der Waals surface area (Å²) in [5, 5.41) is 10.1. The maximum Gasteiger partial charge on any atom is 0.0412 e. The van der Waals surface area contributed by atoms with Gasteiger partial charge < -0.3 is 10.7 Å². The molecular formula is C11H16N2. The summed E-state index contributed by atoms with van der Waals surface area (Å²) in [5.41, 5.74) is 2.72. The second-order valence-corrected chi connectivity index (χ2v) is 2.50. The van der Waals surface area contributed by atoms with E-state index >= 15 is 0 Å². The van der Waals surface area contributed by atoms with Crippen molar-refractivity contribution in [2.75, 3.05) is 0 Å². The molecule has 0 radical (unpaired) electrons. The molecule has 0 heterocycles. The smallest absolute Gasteiger partial charge is 0.0412 e. The summed E-state index contributed by atoms with van der Waals surface area (Å²) in [6.45, 7) is 11.1. The van der Waals surface area contributed by atoms with Crippen LogP contribution in [0.5, 0.6) is 0 Å². The van der Waals surface area contributed by atoms with Crippen molar-refractivity contribution < 1.29 is 0 Å². The zero-order chi connectivity index (χ0) is 10.3. The van der Waals surface area contributed by atoms with Gasteiger partial charge in [-0.15, -0.1) is 0 Å². The molecule has 13 heavy (non-hydrogen) atoms. The minimum atomic E-state index is 0.873. The molecule has 0 aromatic heterocycles. The SMILES string of the molecule is C=CNC(=C/C)/C(C=C)=C(/C)C=N. The first kappa shape index (κ1) is 11.4. The maximum atomic E-state index is 7.13. The van der Waals surface area contributed by atoms with Gasteiger partial charge >= 0.3 is 0 Å². The lowest BCUT2D eigenvalue weighted by Gasteiger charge is -2.09. The average Bonchev–Trinajstić information content (AvgIpc) is 2.17. The van der Waals surface area contributed by atoms with Crippen molar-refractivity contribution in [2.24, 2.45) is 0 Å². The van der Waals surface area contributed by atoms with Crippen LogP contribution >= 0.6 is 0 Å². The Kier molecular flexibility index (Phi) is 5.28. The van der Waals surface area contributed by atoms with Crippen molar-refractivity contribution in [3.05, 3.63) is 48.4 Å².